The molecule has 3 rings (SSSR count). The summed E-state index contributed by atoms with van der Waals surface area (Å²) in [5.41, 5.74) is 2.22. The maximum atomic E-state index is 11.7. The average Bonchev–Trinajstić information content (AvgIpc) is 2.96. The van der Waals surface area contributed by atoms with Gasteiger partial charge in [0.1, 0.15) is 24.6 Å². The summed E-state index contributed by atoms with van der Waals surface area (Å²) in [6, 6.07) is 10.8. The van der Waals surface area contributed by atoms with Crippen molar-refractivity contribution in [2.45, 2.75) is 37.6 Å². The number of aliphatic hydroxyl groups is 3. The second kappa shape index (κ2) is 16.4. The molecule has 1 aliphatic heterocycles. The molecule has 0 saturated carbocycles. The van der Waals surface area contributed by atoms with Gasteiger partial charge in [-0.15, -0.1) is 0 Å². The van der Waals surface area contributed by atoms with Gasteiger partial charge in [-0.25, -0.2) is 4.79 Å². The van der Waals surface area contributed by atoms with Crippen LogP contribution in [0, 0.1) is 0 Å². The smallest absolute Gasteiger partial charge is 0.330 e. The average molecular weight is 660 g/mol. The van der Waals surface area contributed by atoms with Crippen molar-refractivity contribution >= 4 is 38.4 Å². The fourth-order valence-electron chi connectivity index (χ4n) is 3.47. The van der Waals surface area contributed by atoms with Gasteiger partial charge in [0.05, 0.1) is 39.6 Å². The number of hydrogen-bond donors (Lipinski definition) is 3. The molecule has 11 nitrogen and oxygen atoms in total. The lowest BCUT2D eigenvalue weighted by atomic mass is 10.0. The largest absolute Gasteiger partial charge is 0.496 e. The van der Waals surface area contributed by atoms with Gasteiger partial charge < -0.3 is 43.7 Å². The first-order chi connectivity index (χ1) is 18.7. The zero-order valence-electron chi connectivity index (χ0n) is 22.0. The van der Waals surface area contributed by atoms with Crippen molar-refractivity contribution in [2.75, 3.05) is 35.0 Å². The van der Waals surface area contributed by atoms with E-state index in [-0.39, 0.29) is 16.8 Å². The van der Waals surface area contributed by atoms with Crippen LogP contribution in [-0.4, -0.2) is 84.7 Å². The topological polar surface area (TPSA) is 150 Å². The molecular formula is C27H33IO11. The van der Waals surface area contributed by atoms with Crippen LogP contribution in [0.1, 0.15) is 27.9 Å². The maximum absolute atomic E-state index is 11.7. The van der Waals surface area contributed by atoms with Crippen LogP contribution >= 0.6 is 22.6 Å². The van der Waals surface area contributed by atoms with Gasteiger partial charge >= 0.3 is 5.97 Å². The van der Waals surface area contributed by atoms with Crippen molar-refractivity contribution in [2.24, 2.45) is 0 Å². The van der Waals surface area contributed by atoms with Gasteiger partial charge in [-0.3, -0.25) is 4.79 Å². The molecule has 0 bridgehead atoms. The third-order valence-electron chi connectivity index (χ3n) is 5.66. The third kappa shape index (κ3) is 9.74. The lowest BCUT2D eigenvalue weighted by molar-refractivity contribution is -0.248. The molecule has 214 valence electrons. The Morgan fingerprint density at radius 1 is 1.03 bits per heavy atom. The molecule has 0 unspecified atom stereocenters. The normalized spacial score (nSPS) is 20.5. The van der Waals surface area contributed by atoms with Gasteiger partial charge in [0, 0.05) is 48.3 Å². The molecule has 2 aromatic carbocycles. The molecule has 1 fully saturated rings. The third-order valence-corrected chi connectivity index (χ3v) is 6.24. The highest BCUT2D eigenvalue weighted by Crippen LogP contribution is 2.36. The first-order valence-electron chi connectivity index (χ1n) is 11.8. The summed E-state index contributed by atoms with van der Waals surface area (Å²) in [6.45, 7) is -0.0177. The van der Waals surface area contributed by atoms with E-state index < -0.39 is 30.6 Å². The van der Waals surface area contributed by atoms with Crippen LogP contribution in [0.2, 0.25) is 0 Å². The summed E-state index contributed by atoms with van der Waals surface area (Å²) in [5, 5.41) is 27.3. The molecule has 1 aliphatic rings. The fourth-order valence-corrected chi connectivity index (χ4v) is 3.89. The number of carbonyl (C=O) groups excluding carboxylic acids is 2. The standard InChI is InChI=1S/C20H19IO6.C7H14O5/c1-24-16-11-18(17(25-2)10-15(16)20(21)23)27-12-14-6-4-13(5-7-14)8-9-19(22)26-3;1-11-6-2-4(9)7(10)5(3-8)12-6/h4-11H,12H2,1-3H3;4-10H,2-3H2,1H3/b9-8+;/t;4-,5-,6+,7+/m.1/s1. The minimum absolute atomic E-state index is 0.148. The molecule has 0 radical (unpaired) electrons. The van der Waals surface area contributed by atoms with E-state index in [1.165, 1.54) is 34.5 Å². The van der Waals surface area contributed by atoms with Crippen LogP contribution in [0.25, 0.3) is 6.08 Å². The van der Waals surface area contributed by atoms with Crippen LogP contribution in [0.15, 0.2) is 42.5 Å². The molecule has 0 spiro atoms. The summed E-state index contributed by atoms with van der Waals surface area (Å²) < 4.78 is 30.8. The van der Waals surface area contributed by atoms with Gasteiger partial charge in [-0.1, -0.05) is 24.3 Å². The number of carbonyl (C=O) groups is 2. The second-order valence-corrected chi connectivity index (χ2v) is 9.16. The van der Waals surface area contributed by atoms with Crippen LogP contribution < -0.4 is 14.2 Å². The first kappa shape index (κ1) is 32.5. The molecule has 1 heterocycles. The molecule has 0 amide bonds. The van der Waals surface area contributed by atoms with E-state index in [4.69, 9.17) is 28.8 Å². The highest BCUT2D eigenvalue weighted by Gasteiger charge is 2.36. The lowest BCUT2D eigenvalue weighted by Crippen LogP contribution is -2.50. The molecule has 39 heavy (non-hydrogen) atoms. The molecule has 0 aromatic heterocycles. The highest BCUT2D eigenvalue weighted by atomic mass is 127. The maximum Gasteiger partial charge on any atom is 0.330 e. The molecule has 0 aliphatic carbocycles. The molecule has 12 heteroatoms. The Labute approximate surface area is 240 Å². The Balaban J connectivity index is 0.000000370. The summed E-state index contributed by atoms with van der Waals surface area (Å²) in [4.78, 5) is 22.8. The number of hydrogen-bond acceptors (Lipinski definition) is 11. The number of aliphatic hydroxyl groups excluding tert-OH is 3. The summed E-state index contributed by atoms with van der Waals surface area (Å²) in [7, 11) is 5.79. The van der Waals surface area contributed by atoms with Crippen molar-refractivity contribution in [3.63, 3.8) is 0 Å². The number of esters is 1. The zero-order valence-corrected chi connectivity index (χ0v) is 24.2. The Bertz CT molecular complexity index is 1100. The number of ether oxygens (including phenoxy) is 6. The van der Waals surface area contributed by atoms with E-state index in [1.807, 2.05) is 24.3 Å². The minimum Gasteiger partial charge on any atom is -0.496 e. The first-order valence-corrected chi connectivity index (χ1v) is 12.8. The monoisotopic (exact) mass is 660 g/mol. The van der Waals surface area contributed by atoms with Crippen molar-refractivity contribution < 1.29 is 53.3 Å². The second-order valence-electron chi connectivity index (χ2n) is 8.18. The van der Waals surface area contributed by atoms with Gasteiger partial charge in [0.25, 0.3) is 0 Å². The van der Waals surface area contributed by atoms with E-state index in [0.717, 1.165) is 11.1 Å². The van der Waals surface area contributed by atoms with E-state index >= 15 is 0 Å². The molecule has 1 saturated heterocycles. The van der Waals surface area contributed by atoms with Crippen molar-refractivity contribution in [1.82, 2.24) is 0 Å². The Morgan fingerprint density at radius 3 is 2.23 bits per heavy atom. The van der Waals surface area contributed by atoms with Crippen molar-refractivity contribution in [1.29, 1.82) is 0 Å². The van der Waals surface area contributed by atoms with Crippen molar-refractivity contribution in [3.05, 3.63) is 59.2 Å². The summed E-state index contributed by atoms with van der Waals surface area (Å²) in [5.74, 6) is 0.948. The van der Waals surface area contributed by atoms with Crippen molar-refractivity contribution in [3.8, 4) is 17.2 Å². The fraction of sp³-hybridized carbons (Fsp3) is 0.407. The predicted molar refractivity (Wildman–Crippen MR) is 149 cm³/mol. The molecule has 3 N–H and O–H groups in total. The van der Waals surface area contributed by atoms with Gasteiger partial charge in [0.2, 0.25) is 3.79 Å². The van der Waals surface area contributed by atoms with Crippen LogP contribution in [0.3, 0.4) is 0 Å². The van der Waals surface area contributed by atoms with Gasteiger partial charge in [-0.05, 0) is 23.3 Å². The molecule has 4 atom stereocenters. The van der Waals surface area contributed by atoms with E-state index in [1.54, 1.807) is 40.8 Å². The Morgan fingerprint density at radius 2 is 1.69 bits per heavy atom. The molecule has 2 aromatic rings. The van der Waals surface area contributed by atoms with E-state index in [0.29, 0.717) is 29.4 Å². The Kier molecular flexibility index (Phi) is 13.6. The van der Waals surface area contributed by atoms with Crippen LogP contribution in [-0.2, 0) is 25.6 Å². The lowest BCUT2D eigenvalue weighted by Gasteiger charge is -2.35. The number of methoxy groups -OCH3 is 4. The van der Waals surface area contributed by atoms with E-state index in [2.05, 4.69) is 4.74 Å². The Hall–Kier alpha value is -2.75. The van der Waals surface area contributed by atoms with E-state index in [9.17, 15) is 19.8 Å². The quantitative estimate of drug-likeness (QED) is 0.149. The predicted octanol–water partition coefficient (Wildman–Crippen LogP) is 2.51. The number of rotatable bonds is 10. The summed E-state index contributed by atoms with van der Waals surface area (Å²) in [6.07, 6.45) is 0.0539. The zero-order chi connectivity index (χ0) is 28.9. The van der Waals surface area contributed by atoms with Crippen LogP contribution in [0.4, 0.5) is 0 Å². The number of halogens is 1. The highest BCUT2D eigenvalue weighted by molar-refractivity contribution is 14.1. The van der Waals surface area contributed by atoms with Crippen LogP contribution in [0.5, 0.6) is 17.2 Å². The molecular weight excluding hydrogens is 627 g/mol. The minimum atomic E-state index is -1.03. The number of benzene rings is 2. The van der Waals surface area contributed by atoms with Gasteiger partial charge in [-0.2, -0.15) is 0 Å². The SMILES string of the molecule is COC(=O)/C=C/c1ccc(COc2cc(OC)c(C(=O)I)cc2OC)cc1.CO[C@@H]1C[C@@H](O)[C@H](O)[C@@H](CO)O1. The summed E-state index contributed by atoms with van der Waals surface area (Å²) >= 11 is 1.70. The van der Waals surface area contributed by atoms with Gasteiger partial charge in [0.15, 0.2) is 17.8 Å².